The van der Waals surface area contributed by atoms with Crippen LogP contribution in [0.2, 0.25) is 0 Å². The van der Waals surface area contributed by atoms with Gasteiger partial charge in [-0.25, -0.2) is 0 Å². The lowest BCUT2D eigenvalue weighted by Gasteiger charge is -2.29. The molecule has 1 saturated carbocycles. The van der Waals surface area contributed by atoms with Crippen LogP contribution in [-0.4, -0.2) is 11.1 Å². The molecule has 0 aromatic heterocycles. The highest BCUT2D eigenvalue weighted by molar-refractivity contribution is 5.82. The first-order chi connectivity index (χ1) is 7.57. The molecule has 1 aliphatic rings. The normalized spacial score (nSPS) is 29.2. The molecule has 3 heteroatoms. The maximum Gasteiger partial charge on any atom is 0.314 e. The van der Waals surface area contributed by atoms with E-state index in [1.807, 2.05) is 19.1 Å². The zero-order valence-electron chi connectivity index (χ0n) is 9.44. The van der Waals surface area contributed by atoms with Gasteiger partial charge < -0.3 is 10.8 Å². The average molecular weight is 219 g/mol. The Bertz CT molecular complexity index is 399. The van der Waals surface area contributed by atoms with Gasteiger partial charge in [-0.1, -0.05) is 25.5 Å². The van der Waals surface area contributed by atoms with Crippen molar-refractivity contribution in [1.82, 2.24) is 0 Å². The highest BCUT2D eigenvalue weighted by Gasteiger charge is 2.48. The Labute approximate surface area is 95.3 Å². The van der Waals surface area contributed by atoms with Crippen molar-refractivity contribution in [3.05, 3.63) is 29.8 Å². The highest BCUT2D eigenvalue weighted by atomic mass is 16.4. The number of carbonyl (C=O) groups is 1. The first-order valence-corrected chi connectivity index (χ1v) is 5.67. The molecule has 1 aliphatic carbocycles. The van der Waals surface area contributed by atoms with Gasteiger partial charge in [0.15, 0.2) is 0 Å². The maximum atomic E-state index is 11.6. The van der Waals surface area contributed by atoms with Gasteiger partial charge in [0.25, 0.3) is 0 Å². The lowest BCUT2D eigenvalue weighted by atomic mass is 9.73. The highest BCUT2D eigenvalue weighted by Crippen LogP contribution is 2.45. The Hall–Kier alpha value is -1.51. The molecule has 0 spiro atoms. The van der Waals surface area contributed by atoms with Crippen molar-refractivity contribution >= 4 is 11.7 Å². The van der Waals surface area contributed by atoms with Crippen LogP contribution < -0.4 is 5.73 Å². The molecule has 1 aromatic rings. The molecule has 0 heterocycles. The fourth-order valence-electron chi connectivity index (χ4n) is 2.83. The SMILES string of the molecule is CC1CCCC1(C(=O)O)c1ccc(N)cc1. The molecule has 0 bridgehead atoms. The van der Waals surface area contributed by atoms with Crippen molar-refractivity contribution in [2.24, 2.45) is 5.92 Å². The van der Waals surface area contributed by atoms with Crippen molar-refractivity contribution in [3.8, 4) is 0 Å². The summed E-state index contributed by atoms with van der Waals surface area (Å²) in [5, 5.41) is 9.53. The fraction of sp³-hybridized carbons (Fsp3) is 0.462. The molecule has 86 valence electrons. The summed E-state index contributed by atoms with van der Waals surface area (Å²) in [6, 6.07) is 7.27. The van der Waals surface area contributed by atoms with Crippen LogP contribution in [0, 0.1) is 5.92 Å². The second-order valence-corrected chi connectivity index (χ2v) is 4.69. The summed E-state index contributed by atoms with van der Waals surface area (Å²) in [5.41, 5.74) is 6.50. The van der Waals surface area contributed by atoms with Crippen LogP contribution in [0.4, 0.5) is 5.69 Å². The fourth-order valence-corrected chi connectivity index (χ4v) is 2.83. The van der Waals surface area contributed by atoms with E-state index in [4.69, 9.17) is 5.73 Å². The zero-order valence-corrected chi connectivity index (χ0v) is 9.44. The van der Waals surface area contributed by atoms with Gasteiger partial charge in [0, 0.05) is 5.69 Å². The number of nitrogen functional groups attached to an aromatic ring is 1. The van der Waals surface area contributed by atoms with E-state index < -0.39 is 11.4 Å². The number of aliphatic carboxylic acids is 1. The van der Waals surface area contributed by atoms with E-state index in [1.54, 1.807) is 12.1 Å². The van der Waals surface area contributed by atoms with Crippen LogP contribution >= 0.6 is 0 Å². The maximum absolute atomic E-state index is 11.6. The predicted octanol–water partition coefficient (Wildman–Crippen LogP) is 2.41. The van der Waals surface area contributed by atoms with Gasteiger partial charge in [-0.05, 0) is 36.5 Å². The molecular weight excluding hydrogens is 202 g/mol. The zero-order chi connectivity index (χ0) is 11.8. The summed E-state index contributed by atoms with van der Waals surface area (Å²) in [4.78, 5) is 11.6. The minimum Gasteiger partial charge on any atom is -0.481 e. The third-order valence-electron chi connectivity index (χ3n) is 3.86. The average Bonchev–Trinajstić information content (AvgIpc) is 2.62. The van der Waals surface area contributed by atoms with E-state index in [2.05, 4.69) is 0 Å². The van der Waals surface area contributed by atoms with Crippen LogP contribution in [0.25, 0.3) is 0 Å². The van der Waals surface area contributed by atoms with Crippen LogP contribution in [0.1, 0.15) is 31.7 Å². The van der Waals surface area contributed by atoms with Gasteiger partial charge in [0.2, 0.25) is 0 Å². The summed E-state index contributed by atoms with van der Waals surface area (Å²) < 4.78 is 0. The van der Waals surface area contributed by atoms with E-state index in [9.17, 15) is 9.90 Å². The molecule has 0 saturated heterocycles. The molecule has 1 fully saturated rings. The number of hydrogen-bond donors (Lipinski definition) is 2. The van der Waals surface area contributed by atoms with E-state index in [-0.39, 0.29) is 5.92 Å². The topological polar surface area (TPSA) is 63.3 Å². The van der Waals surface area contributed by atoms with Gasteiger partial charge in [0.05, 0.1) is 5.41 Å². The second-order valence-electron chi connectivity index (χ2n) is 4.69. The third-order valence-corrected chi connectivity index (χ3v) is 3.86. The van der Waals surface area contributed by atoms with Crippen molar-refractivity contribution in [2.75, 3.05) is 5.73 Å². The smallest absolute Gasteiger partial charge is 0.314 e. The Morgan fingerprint density at radius 1 is 1.44 bits per heavy atom. The van der Waals surface area contributed by atoms with Crippen molar-refractivity contribution in [1.29, 1.82) is 0 Å². The van der Waals surface area contributed by atoms with Crippen molar-refractivity contribution in [2.45, 2.75) is 31.6 Å². The van der Waals surface area contributed by atoms with Gasteiger partial charge in [-0.15, -0.1) is 0 Å². The Balaban J connectivity index is 2.48. The van der Waals surface area contributed by atoms with Crippen LogP contribution in [0.15, 0.2) is 24.3 Å². The Kier molecular flexibility index (Phi) is 2.62. The van der Waals surface area contributed by atoms with Crippen LogP contribution in [0.3, 0.4) is 0 Å². The van der Waals surface area contributed by atoms with Crippen molar-refractivity contribution in [3.63, 3.8) is 0 Å². The first-order valence-electron chi connectivity index (χ1n) is 5.67. The number of benzene rings is 1. The Morgan fingerprint density at radius 3 is 2.50 bits per heavy atom. The summed E-state index contributed by atoms with van der Waals surface area (Å²) >= 11 is 0. The summed E-state index contributed by atoms with van der Waals surface area (Å²) in [7, 11) is 0. The largest absolute Gasteiger partial charge is 0.481 e. The standard InChI is InChI=1S/C13H17NO2/c1-9-3-2-8-13(9,12(15)16)10-4-6-11(14)7-5-10/h4-7,9H,2-3,8,14H2,1H3,(H,15,16). The molecule has 3 nitrogen and oxygen atoms in total. The number of carboxylic acid groups (broad SMARTS) is 1. The molecule has 3 N–H and O–H groups in total. The first kappa shape index (κ1) is 11.0. The van der Waals surface area contributed by atoms with Gasteiger partial charge >= 0.3 is 5.97 Å². The van der Waals surface area contributed by atoms with E-state index in [0.717, 1.165) is 24.8 Å². The van der Waals surface area contributed by atoms with E-state index in [0.29, 0.717) is 5.69 Å². The lowest BCUT2D eigenvalue weighted by molar-refractivity contribution is -0.145. The van der Waals surface area contributed by atoms with Gasteiger partial charge in [-0.2, -0.15) is 0 Å². The summed E-state index contributed by atoms with van der Waals surface area (Å²) in [6.07, 6.45) is 2.70. The molecule has 1 aromatic carbocycles. The molecular formula is C13H17NO2. The van der Waals surface area contributed by atoms with Crippen molar-refractivity contribution < 1.29 is 9.90 Å². The molecule has 16 heavy (non-hydrogen) atoms. The molecule has 2 unspecified atom stereocenters. The number of rotatable bonds is 2. The molecule has 0 radical (unpaired) electrons. The second kappa shape index (κ2) is 3.81. The number of hydrogen-bond acceptors (Lipinski definition) is 2. The van der Waals surface area contributed by atoms with Crippen LogP contribution in [-0.2, 0) is 10.2 Å². The van der Waals surface area contributed by atoms with Crippen LogP contribution in [0.5, 0.6) is 0 Å². The molecule has 0 aliphatic heterocycles. The van der Waals surface area contributed by atoms with Gasteiger partial charge in [-0.3, -0.25) is 4.79 Å². The van der Waals surface area contributed by atoms with Gasteiger partial charge in [0.1, 0.15) is 0 Å². The molecule has 2 rings (SSSR count). The number of carboxylic acids is 1. The predicted molar refractivity (Wildman–Crippen MR) is 63.2 cm³/mol. The minimum atomic E-state index is -0.706. The lowest BCUT2D eigenvalue weighted by Crippen LogP contribution is -2.38. The van der Waals surface area contributed by atoms with E-state index >= 15 is 0 Å². The molecule has 2 atom stereocenters. The third kappa shape index (κ3) is 1.47. The monoisotopic (exact) mass is 219 g/mol. The number of nitrogens with two attached hydrogens (primary N) is 1. The number of anilines is 1. The minimum absolute atomic E-state index is 0.189. The van der Waals surface area contributed by atoms with E-state index in [1.165, 1.54) is 0 Å². The summed E-state index contributed by atoms with van der Waals surface area (Å²) in [5.74, 6) is -0.518. The summed E-state index contributed by atoms with van der Waals surface area (Å²) in [6.45, 7) is 2.03. The Morgan fingerprint density at radius 2 is 2.06 bits per heavy atom. The molecule has 0 amide bonds. The quantitative estimate of drug-likeness (QED) is 0.751.